The topological polar surface area (TPSA) is 35.2 Å². The van der Waals surface area contributed by atoms with Crippen LogP contribution in [0, 0.1) is 6.92 Å². The van der Waals surface area contributed by atoms with Gasteiger partial charge in [-0.05, 0) is 25.5 Å². The number of para-hydroxylation sites is 1. The molecule has 0 aromatic heterocycles. The van der Waals surface area contributed by atoms with Gasteiger partial charge >= 0.3 is 0 Å². The maximum absolute atomic E-state index is 6.13. The molecule has 0 aliphatic heterocycles. The Kier molecular flexibility index (Phi) is 4.46. The van der Waals surface area contributed by atoms with Crippen molar-refractivity contribution in [1.29, 1.82) is 0 Å². The molecule has 2 aromatic rings. The molecule has 0 saturated heterocycles. The van der Waals surface area contributed by atoms with Crippen molar-refractivity contribution in [2.24, 2.45) is 5.73 Å². The Bertz CT molecular complexity index is 566. The Hall–Kier alpha value is -1.51. The Morgan fingerprint density at radius 1 is 1.16 bits per heavy atom. The van der Waals surface area contributed by atoms with Crippen LogP contribution in [0.3, 0.4) is 0 Å². The minimum atomic E-state index is -0.0545. The highest BCUT2D eigenvalue weighted by atomic mass is 35.5. The molecule has 1 atom stereocenters. The summed E-state index contributed by atoms with van der Waals surface area (Å²) >= 11 is 6.13. The Balaban J connectivity index is 2.22. The summed E-state index contributed by atoms with van der Waals surface area (Å²) in [4.78, 5) is 0. The molecule has 0 aliphatic carbocycles. The Labute approximate surface area is 119 Å². The molecular weight excluding hydrogens is 258 g/mol. The van der Waals surface area contributed by atoms with Gasteiger partial charge < -0.3 is 10.5 Å². The van der Waals surface area contributed by atoms with E-state index in [0.29, 0.717) is 6.61 Å². The van der Waals surface area contributed by atoms with Crippen LogP contribution in [0.2, 0.25) is 5.02 Å². The average molecular weight is 276 g/mol. The molecule has 100 valence electrons. The third-order valence-corrected chi connectivity index (χ3v) is 3.43. The van der Waals surface area contributed by atoms with E-state index in [2.05, 4.69) is 0 Å². The molecule has 19 heavy (non-hydrogen) atoms. The van der Waals surface area contributed by atoms with Crippen LogP contribution in [0.4, 0.5) is 0 Å². The first-order valence-electron chi connectivity index (χ1n) is 6.31. The molecule has 1 unspecified atom stereocenters. The number of rotatable bonds is 4. The molecule has 0 saturated carbocycles. The lowest BCUT2D eigenvalue weighted by atomic mass is 10.0. The molecule has 3 heteroatoms. The first-order chi connectivity index (χ1) is 9.09. The van der Waals surface area contributed by atoms with E-state index in [4.69, 9.17) is 22.1 Å². The molecule has 0 fully saturated rings. The van der Waals surface area contributed by atoms with Gasteiger partial charge in [0.25, 0.3) is 0 Å². The molecule has 0 bridgehead atoms. The predicted octanol–water partition coefficient (Wildman–Crippen LogP) is 4.25. The SMILES string of the molecule is Cc1cccc(C(C)N)c1OCc1ccccc1Cl. The van der Waals surface area contributed by atoms with E-state index in [1.54, 1.807) is 0 Å². The summed E-state index contributed by atoms with van der Waals surface area (Å²) in [7, 11) is 0. The fourth-order valence-corrected chi connectivity index (χ4v) is 2.19. The standard InChI is InChI=1S/C16H18ClNO/c1-11-6-5-8-14(12(2)18)16(11)19-10-13-7-3-4-9-15(13)17/h3-9,12H,10,18H2,1-2H3. The van der Waals surface area contributed by atoms with Crippen LogP contribution in [0.1, 0.15) is 29.7 Å². The molecule has 0 spiro atoms. The average Bonchev–Trinajstić information content (AvgIpc) is 2.38. The second kappa shape index (κ2) is 6.09. The van der Waals surface area contributed by atoms with Gasteiger partial charge in [-0.25, -0.2) is 0 Å². The number of aryl methyl sites for hydroxylation is 1. The van der Waals surface area contributed by atoms with Gasteiger partial charge in [0.1, 0.15) is 12.4 Å². The fraction of sp³-hybridized carbons (Fsp3) is 0.250. The molecular formula is C16H18ClNO. The summed E-state index contributed by atoms with van der Waals surface area (Å²) in [5.41, 5.74) is 9.06. The lowest BCUT2D eigenvalue weighted by Crippen LogP contribution is -2.09. The zero-order valence-corrected chi connectivity index (χ0v) is 11.9. The van der Waals surface area contributed by atoms with E-state index < -0.39 is 0 Å². The quantitative estimate of drug-likeness (QED) is 0.905. The van der Waals surface area contributed by atoms with Crippen LogP contribution in [0.5, 0.6) is 5.75 Å². The van der Waals surface area contributed by atoms with Crippen molar-refractivity contribution in [3.8, 4) is 5.75 Å². The second-order valence-electron chi connectivity index (χ2n) is 4.66. The van der Waals surface area contributed by atoms with Crippen LogP contribution in [-0.4, -0.2) is 0 Å². The summed E-state index contributed by atoms with van der Waals surface area (Å²) in [6.07, 6.45) is 0. The Morgan fingerprint density at radius 2 is 1.89 bits per heavy atom. The maximum atomic E-state index is 6.13. The maximum Gasteiger partial charge on any atom is 0.127 e. The van der Waals surface area contributed by atoms with Crippen LogP contribution >= 0.6 is 11.6 Å². The highest BCUT2D eigenvalue weighted by Gasteiger charge is 2.11. The number of ether oxygens (including phenoxy) is 1. The molecule has 0 heterocycles. The zero-order valence-electron chi connectivity index (χ0n) is 11.2. The number of halogens is 1. The number of hydrogen-bond donors (Lipinski definition) is 1. The van der Waals surface area contributed by atoms with Gasteiger partial charge in [-0.15, -0.1) is 0 Å². The highest BCUT2D eigenvalue weighted by Crippen LogP contribution is 2.29. The van der Waals surface area contributed by atoms with Crippen LogP contribution in [0.15, 0.2) is 42.5 Å². The molecule has 2 nitrogen and oxygen atoms in total. The van der Waals surface area contributed by atoms with Gasteiger partial charge in [0, 0.05) is 22.2 Å². The smallest absolute Gasteiger partial charge is 0.127 e. The summed E-state index contributed by atoms with van der Waals surface area (Å²) in [6, 6.07) is 13.7. The van der Waals surface area contributed by atoms with E-state index in [1.807, 2.05) is 56.3 Å². The van der Waals surface area contributed by atoms with E-state index in [-0.39, 0.29) is 6.04 Å². The summed E-state index contributed by atoms with van der Waals surface area (Å²) < 4.78 is 5.93. The van der Waals surface area contributed by atoms with Crippen molar-refractivity contribution in [2.45, 2.75) is 26.5 Å². The van der Waals surface area contributed by atoms with E-state index in [1.165, 1.54) is 0 Å². The zero-order chi connectivity index (χ0) is 13.8. The lowest BCUT2D eigenvalue weighted by Gasteiger charge is -2.16. The fourth-order valence-electron chi connectivity index (χ4n) is 2.00. The van der Waals surface area contributed by atoms with Gasteiger partial charge in [0.05, 0.1) is 0 Å². The molecule has 2 aromatic carbocycles. The first-order valence-corrected chi connectivity index (χ1v) is 6.68. The minimum absolute atomic E-state index is 0.0545. The number of hydrogen-bond acceptors (Lipinski definition) is 2. The van der Waals surface area contributed by atoms with Crippen molar-refractivity contribution in [3.63, 3.8) is 0 Å². The largest absolute Gasteiger partial charge is 0.488 e. The third-order valence-electron chi connectivity index (χ3n) is 3.06. The third kappa shape index (κ3) is 3.28. The van der Waals surface area contributed by atoms with Gasteiger partial charge in [0.15, 0.2) is 0 Å². The van der Waals surface area contributed by atoms with Crippen molar-refractivity contribution in [3.05, 3.63) is 64.2 Å². The van der Waals surface area contributed by atoms with Gasteiger partial charge in [-0.2, -0.15) is 0 Å². The van der Waals surface area contributed by atoms with Crippen molar-refractivity contribution in [2.75, 3.05) is 0 Å². The summed E-state index contributed by atoms with van der Waals surface area (Å²) in [5.74, 6) is 0.859. The van der Waals surface area contributed by atoms with E-state index in [9.17, 15) is 0 Å². The first kappa shape index (κ1) is 13.9. The minimum Gasteiger partial charge on any atom is -0.488 e. The van der Waals surface area contributed by atoms with Crippen LogP contribution < -0.4 is 10.5 Å². The van der Waals surface area contributed by atoms with Gasteiger partial charge in [-0.1, -0.05) is 48.0 Å². The second-order valence-corrected chi connectivity index (χ2v) is 5.07. The summed E-state index contributed by atoms with van der Waals surface area (Å²) in [6.45, 7) is 4.43. The molecule has 0 amide bonds. The number of benzene rings is 2. The van der Waals surface area contributed by atoms with Crippen molar-refractivity contribution >= 4 is 11.6 Å². The lowest BCUT2D eigenvalue weighted by molar-refractivity contribution is 0.299. The summed E-state index contributed by atoms with van der Waals surface area (Å²) in [5, 5.41) is 0.721. The molecule has 0 aliphatic rings. The van der Waals surface area contributed by atoms with Gasteiger partial charge in [-0.3, -0.25) is 0 Å². The van der Waals surface area contributed by atoms with Crippen molar-refractivity contribution in [1.82, 2.24) is 0 Å². The normalized spacial score (nSPS) is 12.2. The van der Waals surface area contributed by atoms with Crippen LogP contribution in [0.25, 0.3) is 0 Å². The number of nitrogens with two attached hydrogens (primary N) is 1. The predicted molar refractivity (Wildman–Crippen MR) is 79.6 cm³/mol. The van der Waals surface area contributed by atoms with Crippen LogP contribution in [-0.2, 0) is 6.61 Å². The molecule has 0 radical (unpaired) electrons. The van der Waals surface area contributed by atoms with Gasteiger partial charge in [0.2, 0.25) is 0 Å². The highest BCUT2D eigenvalue weighted by molar-refractivity contribution is 6.31. The Morgan fingerprint density at radius 3 is 2.58 bits per heavy atom. The molecule has 2 rings (SSSR count). The van der Waals surface area contributed by atoms with E-state index >= 15 is 0 Å². The monoisotopic (exact) mass is 275 g/mol. The molecule has 2 N–H and O–H groups in total. The van der Waals surface area contributed by atoms with Crippen molar-refractivity contribution < 1.29 is 4.74 Å². The van der Waals surface area contributed by atoms with E-state index in [0.717, 1.165) is 27.5 Å².